The monoisotopic (exact) mass is 282 g/mol. The van der Waals surface area contributed by atoms with Crippen LogP contribution in [0.1, 0.15) is 37.6 Å². The van der Waals surface area contributed by atoms with Crippen LogP contribution in [0.15, 0.2) is 11.4 Å². The van der Waals surface area contributed by atoms with E-state index in [9.17, 15) is 4.79 Å². The molecule has 106 valence electrons. The Hall–Kier alpha value is -1.07. The lowest BCUT2D eigenvalue weighted by molar-refractivity contribution is 0.0284. The van der Waals surface area contributed by atoms with Crippen LogP contribution in [-0.4, -0.2) is 29.7 Å². The Balaban J connectivity index is 2.05. The van der Waals surface area contributed by atoms with Gasteiger partial charge in [-0.25, -0.2) is 4.79 Å². The van der Waals surface area contributed by atoms with Crippen molar-refractivity contribution in [2.75, 3.05) is 13.1 Å². The molecule has 0 radical (unpaired) electrons. The number of aryl methyl sites for hydroxylation is 1. The van der Waals surface area contributed by atoms with Gasteiger partial charge in [0.1, 0.15) is 5.60 Å². The number of carbonyl (C=O) groups is 1. The summed E-state index contributed by atoms with van der Waals surface area (Å²) >= 11 is 1.69. The maximum absolute atomic E-state index is 12.0. The van der Waals surface area contributed by atoms with Crippen molar-refractivity contribution in [2.24, 2.45) is 5.73 Å². The fourth-order valence-electron chi connectivity index (χ4n) is 2.26. The number of carbonyl (C=O) groups excluding carboxylic acids is 1. The average molecular weight is 282 g/mol. The van der Waals surface area contributed by atoms with E-state index in [-0.39, 0.29) is 6.09 Å². The largest absolute Gasteiger partial charge is 0.444 e. The number of ether oxygens (including phenoxy) is 1. The highest BCUT2D eigenvalue weighted by atomic mass is 32.1. The van der Waals surface area contributed by atoms with Crippen molar-refractivity contribution in [1.29, 1.82) is 0 Å². The van der Waals surface area contributed by atoms with Gasteiger partial charge in [-0.15, -0.1) is 11.3 Å². The van der Waals surface area contributed by atoms with Crippen molar-refractivity contribution in [3.63, 3.8) is 0 Å². The Morgan fingerprint density at radius 1 is 1.53 bits per heavy atom. The van der Waals surface area contributed by atoms with Crippen LogP contribution in [0.2, 0.25) is 0 Å². The minimum Gasteiger partial charge on any atom is -0.444 e. The molecule has 0 aromatic carbocycles. The molecular formula is C14H22N2O2S. The molecule has 5 heteroatoms. The quantitative estimate of drug-likeness (QED) is 0.861. The van der Waals surface area contributed by atoms with Crippen LogP contribution in [-0.2, 0) is 10.3 Å². The first kappa shape index (κ1) is 14.3. The van der Waals surface area contributed by atoms with Gasteiger partial charge in [0.25, 0.3) is 0 Å². The van der Waals surface area contributed by atoms with Gasteiger partial charge in [-0.2, -0.15) is 0 Å². The van der Waals surface area contributed by atoms with E-state index in [4.69, 9.17) is 10.5 Å². The van der Waals surface area contributed by atoms with Gasteiger partial charge in [0.2, 0.25) is 0 Å². The summed E-state index contributed by atoms with van der Waals surface area (Å²) in [6, 6.07) is 2.11. The van der Waals surface area contributed by atoms with Crippen molar-refractivity contribution in [1.82, 2.24) is 4.90 Å². The van der Waals surface area contributed by atoms with E-state index < -0.39 is 11.1 Å². The Morgan fingerprint density at radius 3 is 2.74 bits per heavy atom. The Kier molecular flexibility index (Phi) is 3.62. The summed E-state index contributed by atoms with van der Waals surface area (Å²) in [5.41, 5.74) is 6.68. The van der Waals surface area contributed by atoms with Crippen LogP contribution in [0.3, 0.4) is 0 Å². The highest BCUT2D eigenvalue weighted by Gasteiger charge is 2.39. The minimum atomic E-state index is -0.462. The fourth-order valence-corrected chi connectivity index (χ4v) is 3.07. The topological polar surface area (TPSA) is 55.6 Å². The highest BCUT2D eigenvalue weighted by molar-refractivity contribution is 7.10. The number of rotatable bonds is 1. The zero-order valence-corrected chi connectivity index (χ0v) is 12.8. The summed E-state index contributed by atoms with van der Waals surface area (Å²) in [6.45, 7) is 8.87. The number of thiophene rings is 1. The molecule has 2 N–H and O–H groups in total. The van der Waals surface area contributed by atoms with Crippen molar-refractivity contribution in [3.05, 3.63) is 21.9 Å². The molecule has 1 aromatic heterocycles. The lowest BCUT2D eigenvalue weighted by atomic mass is 9.92. The molecule has 1 aliphatic heterocycles. The van der Waals surface area contributed by atoms with Gasteiger partial charge in [-0.05, 0) is 51.1 Å². The van der Waals surface area contributed by atoms with Gasteiger partial charge >= 0.3 is 6.09 Å². The Morgan fingerprint density at radius 2 is 2.21 bits per heavy atom. The van der Waals surface area contributed by atoms with Crippen molar-refractivity contribution in [2.45, 2.75) is 45.3 Å². The molecule has 1 atom stereocenters. The molecule has 2 heterocycles. The number of hydrogen-bond acceptors (Lipinski definition) is 4. The van der Waals surface area contributed by atoms with Gasteiger partial charge in [0.15, 0.2) is 0 Å². The standard InChI is InChI=1S/C14H22N2O2S/c1-10-7-11(8-19-10)14(15)5-6-16(9-14)12(17)18-13(2,3)4/h7-8H,5-6,9,15H2,1-4H3. The molecule has 1 aromatic rings. The lowest BCUT2D eigenvalue weighted by Gasteiger charge is -2.26. The van der Waals surface area contributed by atoms with Gasteiger partial charge in [0.05, 0.1) is 5.54 Å². The number of likely N-dealkylation sites (tertiary alicyclic amines) is 1. The third-order valence-corrected chi connectivity index (χ3v) is 4.12. The van der Waals surface area contributed by atoms with Crippen LogP contribution < -0.4 is 5.73 Å². The second-order valence-electron chi connectivity index (χ2n) is 6.25. The second kappa shape index (κ2) is 4.80. The second-order valence-corrected chi connectivity index (χ2v) is 7.37. The average Bonchev–Trinajstić information content (AvgIpc) is 2.83. The molecule has 0 bridgehead atoms. The van der Waals surface area contributed by atoms with Crippen LogP contribution in [0.4, 0.5) is 4.79 Å². The summed E-state index contributed by atoms with van der Waals surface area (Å²) in [7, 11) is 0. The van der Waals surface area contributed by atoms with Gasteiger partial charge in [0, 0.05) is 18.0 Å². The van der Waals surface area contributed by atoms with Crippen LogP contribution in [0.25, 0.3) is 0 Å². The SMILES string of the molecule is Cc1cc(C2(N)CCN(C(=O)OC(C)(C)C)C2)cs1. The summed E-state index contributed by atoms with van der Waals surface area (Å²) < 4.78 is 5.39. The van der Waals surface area contributed by atoms with E-state index in [1.165, 1.54) is 4.88 Å². The molecule has 2 rings (SSSR count). The van der Waals surface area contributed by atoms with Gasteiger partial charge in [-0.3, -0.25) is 0 Å². The van der Waals surface area contributed by atoms with E-state index in [1.54, 1.807) is 16.2 Å². The zero-order valence-electron chi connectivity index (χ0n) is 12.0. The molecule has 1 aliphatic rings. The van der Waals surface area contributed by atoms with Crippen LogP contribution in [0, 0.1) is 6.92 Å². The number of nitrogens with zero attached hydrogens (tertiary/aromatic N) is 1. The molecule has 19 heavy (non-hydrogen) atoms. The Bertz CT molecular complexity index is 478. The first-order valence-corrected chi connectivity index (χ1v) is 7.40. The smallest absolute Gasteiger partial charge is 0.410 e. The third kappa shape index (κ3) is 3.28. The summed E-state index contributed by atoms with van der Waals surface area (Å²) in [5, 5.41) is 2.09. The zero-order chi connectivity index (χ0) is 14.3. The van der Waals surface area contributed by atoms with E-state index in [0.717, 1.165) is 12.0 Å². The van der Waals surface area contributed by atoms with Gasteiger partial charge < -0.3 is 15.4 Å². The summed E-state index contributed by atoms with van der Waals surface area (Å²) in [6.07, 6.45) is 0.509. The molecule has 1 amide bonds. The molecular weight excluding hydrogens is 260 g/mol. The third-order valence-electron chi connectivity index (χ3n) is 3.26. The fraction of sp³-hybridized carbons (Fsp3) is 0.643. The maximum Gasteiger partial charge on any atom is 0.410 e. The van der Waals surface area contributed by atoms with E-state index in [1.807, 2.05) is 20.8 Å². The number of nitrogens with two attached hydrogens (primary N) is 1. The first-order valence-electron chi connectivity index (χ1n) is 6.52. The first-order chi connectivity index (χ1) is 8.70. The molecule has 0 spiro atoms. The maximum atomic E-state index is 12.0. The Labute approximate surface area is 118 Å². The van der Waals surface area contributed by atoms with Crippen molar-refractivity contribution in [3.8, 4) is 0 Å². The van der Waals surface area contributed by atoms with Crippen LogP contribution >= 0.6 is 11.3 Å². The normalized spacial score (nSPS) is 23.7. The molecule has 1 unspecified atom stereocenters. The lowest BCUT2D eigenvalue weighted by Crippen LogP contribution is -2.42. The van der Waals surface area contributed by atoms with E-state index >= 15 is 0 Å². The predicted octanol–water partition coefficient (Wildman–Crippen LogP) is 2.85. The molecule has 0 saturated carbocycles. The summed E-state index contributed by atoms with van der Waals surface area (Å²) in [5.74, 6) is 0. The van der Waals surface area contributed by atoms with Crippen molar-refractivity contribution >= 4 is 17.4 Å². The van der Waals surface area contributed by atoms with Crippen molar-refractivity contribution < 1.29 is 9.53 Å². The number of hydrogen-bond donors (Lipinski definition) is 1. The molecule has 1 fully saturated rings. The molecule has 4 nitrogen and oxygen atoms in total. The van der Waals surface area contributed by atoms with Crippen LogP contribution in [0.5, 0.6) is 0 Å². The highest BCUT2D eigenvalue weighted by Crippen LogP contribution is 2.32. The van der Waals surface area contributed by atoms with Gasteiger partial charge in [-0.1, -0.05) is 0 Å². The molecule has 0 aliphatic carbocycles. The molecule has 1 saturated heterocycles. The predicted molar refractivity (Wildman–Crippen MR) is 77.3 cm³/mol. The van der Waals surface area contributed by atoms with E-state index in [2.05, 4.69) is 18.4 Å². The van der Waals surface area contributed by atoms with E-state index in [0.29, 0.717) is 13.1 Å². The number of amides is 1. The summed E-state index contributed by atoms with van der Waals surface area (Å²) in [4.78, 5) is 15.0. The minimum absolute atomic E-state index is 0.272.